The average molecular weight is 699 g/mol. The predicted molar refractivity (Wildman–Crippen MR) is 175 cm³/mol. The molecular weight excluding hydrogens is 660 g/mol. The molecule has 0 unspecified atom stereocenters. The van der Waals surface area contributed by atoms with E-state index in [2.05, 4.69) is 30.9 Å². The van der Waals surface area contributed by atoms with Crippen molar-refractivity contribution in [2.75, 3.05) is 11.5 Å². The third-order valence-corrected chi connectivity index (χ3v) is 7.62. The maximum atomic E-state index is 12.8. The van der Waals surface area contributed by atoms with E-state index < -0.39 is 85.4 Å². The number of rotatable bonds is 20. The Labute approximate surface area is 283 Å². The lowest BCUT2D eigenvalue weighted by molar-refractivity contribution is -0.144. The Bertz CT molecular complexity index is 1740. The number of hydrogen-bond acceptors (Lipinski definition) is 11. The number of nitrogen functional groups attached to an aromatic ring is 2. The average Bonchev–Trinajstić information content (AvgIpc) is 3.45. The van der Waals surface area contributed by atoms with E-state index in [0.29, 0.717) is 23.9 Å². The molecule has 3 atom stereocenters. The number of nitrogens with zero attached hydrogens (tertiary/aromatic N) is 2. The van der Waals surface area contributed by atoms with Crippen LogP contribution in [0.5, 0.6) is 0 Å². The first kappa shape index (κ1) is 38.2. The molecule has 19 nitrogen and oxygen atoms in total. The molecule has 2 heterocycles. The first-order chi connectivity index (χ1) is 23.6. The summed E-state index contributed by atoms with van der Waals surface area (Å²) in [6, 6.07) is 1.98. The van der Waals surface area contributed by atoms with E-state index in [4.69, 9.17) is 21.7 Å². The second kappa shape index (κ2) is 17.8. The van der Waals surface area contributed by atoms with Crippen molar-refractivity contribution in [2.45, 2.75) is 75.9 Å². The van der Waals surface area contributed by atoms with E-state index in [-0.39, 0.29) is 30.2 Å². The molecule has 0 fully saturated rings. The molecule has 268 valence electrons. The molecule has 3 aromatic rings. The maximum Gasteiger partial charge on any atom is 0.326 e. The number of anilines is 2. The van der Waals surface area contributed by atoms with Crippen LogP contribution >= 0.6 is 0 Å². The topological polar surface area (TPSA) is 330 Å². The molecular formula is C31H38N8O11. The summed E-state index contributed by atoms with van der Waals surface area (Å²) in [6.45, 7) is 0. The number of nitrogens with one attached hydrogen (secondary N) is 4. The number of carbonyl (C=O) groups is 7. The molecule has 0 saturated heterocycles. The fourth-order valence-corrected chi connectivity index (χ4v) is 5.01. The number of amides is 3. The molecule has 0 aliphatic carbocycles. The van der Waals surface area contributed by atoms with Crippen LogP contribution in [0.3, 0.4) is 0 Å². The second-order valence-electron chi connectivity index (χ2n) is 11.3. The van der Waals surface area contributed by atoms with E-state index in [9.17, 15) is 43.8 Å². The molecule has 0 bridgehead atoms. The molecule has 50 heavy (non-hydrogen) atoms. The molecule has 2 aromatic heterocycles. The van der Waals surface area contributed by atoms with Crippen LogP contribution in [0.1, 0.15) is 66.4 Å². The molecule has 0 aliphatic heterocycles. The van der Waals surface area contributed by atoms with Gasteiger partial charge in [-0.15, -0.1) is 0 Å². The number of carbonyl (C=O) groups excluding carboxylic acids is 3. The van der Waals surface area contributed by atoms with Gasteiger partial charge in [-0.25, -0.2) is 14.4 Å². The van der Waals surface area contributed by atoms with Gasteiger partial charge in [0.05, 0.1) is 5.39 Å². The van der Waals surface area contributed by atoms with Crippen molar-refractivity contribution >= 4 is 64.4 Å². The van der Waals surface area contributed by atoms with Gasteiger partial charge in [0.2, 0.25) is 17.8 Å². The van der Waals surface area contributed by atoms with Crippen molar-refractivity contribution in [3.05, 3.63) is 47.2 Å². The van der Waals surface area contributed by atoms with Crippen LogP contribution in [-0.2, 0) is 41.6 Å². The third kappa shape index (κ3) is 11.5. The fourth-order valence-electron chi connectivity index (χ4n) is 5.01. The Morgan fingerprint density at radius 3 is 1.74 bits per heavy atom. The van der Waals surface area contributed by atoms with Crippen LogP contribution in [0.15, 0.2) is 30.5 Å². The van der Waals surface area contributed by atoms with Crippen LogP contribution in [0.2, 0.25) is 0 Å². The number of aromatic nitrogens is 3. The predicted octanol–water partition coefficient (Wildman–Crippen LogP) is 0.0446. The van der Waals surface area contributed by atoms with E-state index >= 15 is 0 Å². The monoisotopic (exact) mass is 698 g/mol. The van der Waals surface area contributed by atoms with Gasteiger partial charge in [-0.2, -0.15) is 9.97 Å². The Morgan fingerprint density at radius 2 is 1.22 bits per heavy atom. The summed E-state index contributed by atoms with van der Waals surface area (Å²) < 4.78 is 0. The number of nitrogens with two attached hydrogens (primary N) is 2. The highest BCUT2D eigenvalue weighted by Gasteiger charge is 2.26. The SMILES string of the molecule is Nc1nc(N)c2c(CCCc3ccc(C(=O)N[C@@H](CCC(=O)N[C@@H](CCC(=O)N[C@@H](CCC(=O)O)C(=O)O)C(=O)O)C(=O)O)cc3)c[nH]c2n1. The van der Waals surface area contributed by atoms with Gasteiger partial charge in [-0.1, -0.05) is 12.1 Å². The molecule has 12 N–H and O–H groups in total. The number of fused-ring (bicyclic) bond motifs is 1. The molecule has 3 rings (SSSR count). The van der Waals surface area contributed by atoms with E-state index in [1.807, 2.05) is 0 Å². The van der Waals surface area contributed by atoms with Crippen LogP contribution in [-0.4, -0.2) is 95.1 Å². The van der Waals surface area contributed by atoms with Gasteiger partial charge in [-0.05, 0) is 61.8 Å². The minimum atomic E-state index is -1.57. The number of hydrogen-bond donors (Lipinski definition) is 10. The molecule has 0 saturated carbocycles. The van der Waals surface area contributed by atoms with Gasteiger partial charge in [0, 0.05) is 31.0 Å². The summed E-state index contributed by atoms with van der Waals surface area (Å²) in [6.07, 6.45) is 1.15. The van der Waals surface area contributed by atoms with E-state index in [1.165, 1.54) is 12.1 Å². The highest BCUT2D eigenvalue weighted by molar-refractivity contribution is 5.97. The zero-order valence-electron chi connectivity index (χ0n) is 26.7. The minimum Gasteiger partial charge on any atom is -0.481 e. The Kier molecular flexibility index (Phi) is 13.6. The lowest BCUT2D eigenvalue weighted by atomic mass is 10.0. The van der Waals surface area contributed by atoms with Gasteiger partial charge in [-0.3, -0.25) is 19.2 Å². The fraction of sp³-hybridized carbons (Fsp3) is 0.387. The molecule has 0 spiro atoms. The number of carboxylic acid groups (broad SMARTS) is 4. The molecule has 1 aromatic carbocycles. The van der Waals surface area contributed by atoms with Gasteiger partial charge in [0.25, 0.3) is 5.91 Å². The number of H-pyrrole nitrogens is 1. The van der Waals surface area contributed by atoms with E-state index in [0.717, 1.165) is 17.5 Å². The zero-order valence-corrected chi connectivity index (χ0v) is 26.7. The summed E-state index contributed by atoms with van der Waals surface area (Å²) in [5.41, 5.74) is 14.2. The summed E-state index contributed by atoms with van der Waals surface area (Å²) in [5, 5.41) is 44.3. The number of carboxylic acids is 4. The lowest BCUT2D eigenvalue weighted by Gasteiger charge is -2.18. The van der Waals surface area contributed by atoms with Gasteiger partial charge in [0.15, 0.2) is 0 Å². The van der Waals surface area contributed by atoms with E-state index in [1.54, 1.807) is 18.3 Å². The zero-order chi connectivity index (χ0) is 37.0. The first-order valence-electron chi connectivity index (χ1n) is 15.4. The Morgan fingerprint density at radius 1 is 0.700 bits per heavy atom. The van der Waals surface area contributed by atoms with Gasteiger partial charge < -0.3 is 52.8 Å². The number of aromatic amines is 1. The minimum absolute atomic E-state index is 0.0717. The van der Waals surface area contributed by atoms with Gasteiger partial charge >= 0.3 is 23.9 Å². The smallest absolute Gasteiger partial charge is 0.326 e. The van der Waals surface area contributed by atoms with Crippen molar-refractivity contribution in [1.29, 1.82) is 0 Å². The number of benzene rings is 1. The molecule has 0 aliphatic rings. The van der Waals surface area contributed by atoms with Crippen molar-refractivity contribution < 1.29 is 54.0 Å². The van der Waals surface area contributed by atoms with Crippen molar-refractivity contribution in [3.8, 4) is 0 Å². The highest BCUT2D eigenvalue weighted by atomic mass is 16.4. The Hall–Kier alpha value is -6.27. The van der Waals surface area contributed by atoms with Crippen LogP contribution < -0.4 is 27.4 Å². The Balaban J connectivity index is 1.46. The normalized spacial score (nSPS) is 12.7. The largest absolute Gasteiger partial charge is 0.481 e. The summed E-state index contributed by atoms with van der Waals surface area (Å²) in [5.74, 6) is -7.73. The number of aliphatic carboxylic acids is 4. The van der Waals surface area contributed by atoms with Crippen molar-refractivity contribution in [2.24, 2.45) is 0 Å². The maximum absolute atomic E-state index is 12.8. The van der Waals surface area contributed by atoms with Gasteiger partial charge in [0.1, 0.15) is 29.6 Å². The van der Waals surface area contributed by atoms with Crippen molar-refractivity contribution in [3.63, 3.8) is 0 Å². The quantitative estimate of drug-likeness (QED) is 0.0745. The summed E-state index contributed by atoms with van der Waals surface area (Å²) in [7, 11) is 0. The van der Waals surface area contributed by atoms with Crippen LogP contribution in [0.4, 0.5) is 11.8 Å². The van der Waals surface area contributed by atoms with Crippen LogP contribution in [0, 0.1) is 0 Å². The van der Waals surface area contributed by atoms with Crippen LogP contribution in [0.25, 0.3) is 11.0 Å². The first-order valence-corrected chi connectivity index (χ1v) is 15.4. The standard InChI is InChI=1S/C31H38N8O11/c32-25-24-17(14-34-26(24)39-31(33)38-25)3-1-2-15-4-6-16(7-5-15)27(44)37-20(30(49)50)9-12-22(41)35-18(28(45)46)8-11-21(40)36-19(29(47)48)10-13-23(42)43/h4-7,14,18-20H,1-3,8-13H2,(H,35,41)(H,36,40)(H,37,44)(H,42,43)(H,45,46)(H,47,48)(H,49,50)(H5,32,33,34,38,39)/t18-,19-,20-/m0/s1. The van der Waals surface area contributed by atoms with Crippen molar-refractivity contribution in [1.82, 2.24) is 30.9 Å². The third-order valence-electron chi connectivity index (χ3n) is 7.62. The summed E-state index contributed by atoms with van der Waals surface area (Å²) in [4.78, 5) is 93.9. The lowest BCUT2D eigenvalue weighted by Crippen LogP contribution is -2.45. The highest BCUT2D eigenvalue weighted by Crippen LogP contribution is 2.24. The number of aryl methyl sites for hydroxylation is 2. The summed E-state index contributed by atoms with van der Waals surface area (Å²) >= 11 is 0. The molecule has 19 heteroatoms. The second-order valence-corrected chi connectivity index (χ2v) is 11.3. The molecule has 0 radical (unpaired) electrons. The molecule has 3 amide bonds.